The van der Waals surface area contributed by atoms with E-state index in [4.69, 9.17) is 9.47 Å². The third-order valence-electron chi connectivity index (χ3n) is 11.3. The van der Waals surface area contributed by atoms with Crippen LogP contribution >= 0.6 is 0 Å². The highest BCUT2D eigenvalue weighted by atomic mass is 19.1. The van der Waals surface area contributed by atoms with E-state index in [9.17, 15) is 4.39 Å². The number of benzene rings is 1. The van der Waals surface area contributed by atoms with Crippen molar-refractivity contribution in [2.75, 3.05) is 51.3 Å². The second kappa shape index (κ2) is 12.1. The molecule has 0 unspecified atom stereocenters. The Kier molecular flexibility index (Phi) is 7.89. The molecule has 3 aromatic rings. The Morgan fingerprint density at radius 2 is 1.85 bits per heavy atom. The highest BCUT2D eigenvalue weighted by Gasteiger charge is 2.53. The summed E-state index contributed by atoms with van der Waals surface area (Å²) in [5.74, 6) is 2.97. The van der Waals surface area contributed by atoms with Gasteiger partial charge in [0.15, 0.2) is 5.82 Å². The van der Waals surface area contributed by atoms with Crippen molar-refractivity contribution in [2.45, 2.75) is 76.5 Å². The predicted octanol–water partition coefficient (Wildman–Crippen LogP) is 5.17. The maximum absolute atomic E-state index is 14.5. The zero-order valence-corrected chi connectivity index (χ0v) is 27.2. The van der Waals surface area contributed by atoms with Crippen molar-refractivity contribution >= 4 is 5.82 Å². The minimum atomic E-state index is -0.351. The Morgan fingerprint density at radius 1 is 1.00 bits per heavy atom. The molecule has 244 valence electrons. The summed E-state index contributed by atoms with van der Waals surface area (Å²) in [5, 5.41) is 16.9. The van der Waals surface area contributed by atoms with E-state index in [1.807, 2.05) is 13.2 Å². The molecule has 0 bridgehead atoms. The van der Waals surface area contributed by atoms with Crippen LogP contribution in [0.2, 0.25) is 0 Å². The van der Waals surface area contributed by atoms with Gasteiger partial charge in [-0.3, -0.25) is 9.80 Å². The lowest BCUT2D eigenvalue weighted by atomic mass is 9.68. The van der Waals surface area contributed by atoms with Crippen molar-refractivity contribution in [1.82, 2.24) is 35.2 Å². The molecule has 5 heterocycles. The van der Waals surface area contributed by atoms with Crippen LogP contribution in [0.4, 0.5) is 10.2 Å². The number of halogens is 1. The van der Waals surface area contributed by atoms with Gasteiger partial charge in [-0.25, -0.2) is 9.37 Å². The number of anilines is 1. The molecule has 0 radical (unpaired) electrons. The Labute approximate surface area is 270 Å². The minimum Gasteiger partial charge on any atom is -0.434 e. The molecule has 2 saturated carbocycles. The average molecular weight is 629 g/mol. The topological polar surface area (TPSA) is 92.6 Å². The smallest absolute Gasteiger partial charge is 0.282 e. The highest BCUT2D eigenvalue weighted by Crippen LogP contribution is 2.49. The van der Waals surface area contributed by atoms with Crippen LogP contribution in [0.15, 0.2) is 36.8 Å². The largest absolute Gasteiger partial charge is 0.434 e. The van der Waals surface area contributed by atoms with Gasteiger partial charge in [0.05, 0.1) is 6.10 Å². The standard InChI is InChI=1S/C35H45FN8O2/c1-22(2)32(24-14-26(15-24)42-12-9-27(17-42)45-3)44-19-35(20-44)10-13-43(18-35)33-34(41-39-21-37-33)46-30-7-6-25(36)16-29(30)31-28(23-4-5-23)8-11-38-40-31/h6-8,11,16,21-24,26-27,32H,4-5,9-10,12-15,17-20H2,1-3H3/t24?,26?,27-,32+/m1/s1. The zero-order valence-electron chi connectivity index (χ0n) is 27.2. The van der Waals surface area contributed by atoms with E-state index < -0.39 is 0 Å². The van der Waals surface area contributed by atoms with E-state index in [-0.39, 0.29) is 11.2 Å². The molecular weight excluding hydrogens is 583 g/mol. The number of likely N-dealkylation sites (tertiary alicyclic amines) is 2. The lowest BCUT2D eigenvalue weighted by Crippen LogP contribution is -2.65. The fraction of sp³-hybridized carbons (Fsp3) is 0.629. The molecule has 11 heteroatoms. The van der Waals surface area contributed by atoms with Gasteiger partial charge in [-0.2, -0.15) is 10.2 Å². The van der Waals surface area contributed by atoms with E-state index in [1.54, 1.807) is 12.3 Å². The zero-order chi connectivity index (χ0) is 31.4. The van der Waals surface area contributed by atoms with Gasteiger partial charge in [0.25, 0.3) is 5.88 Å². The van der Waals surface area contributed by atoms with Gasteiger partial charge in [0, 0.05) is 75.6 Å². The van der Waals surface area contributed by atoms with Crippen LogP contribution in [-0.4, -0.2) is 99.7 Å². The lowest BCUT2D eigenvalue weighted by molar-refractivity contribution is -0.0790. The molecule has 1 spiro atoms. The second-order valence-corrected chi connectivity index (χ2v) is 14.8. The van der Waals surface area contributed by atoms with Crippen LogP contribution < -0.4 is 9.64 Å². The summed E-state index contributed by atoms with van der Waals surface area (Å²) in [7, 11) is 1.85. The molecule has 2 atom stereocenters. The van der Waals surface area contributed by atoms with Crippen LogP contribution in [-0.2, 0) is 4.74 Å². The third kappa shape index (κ3) is 5.64. The molecule has 2 aromatic heterocycles. The van der Waals surface area contributed by atoms with Crippen molar-refractivity contribution in [3.05, 3.63) is 48.2 Å². The molecule has 1 aromatic carbocycles. The van der Waals surface area contributed by atoms with Crippen LogP contribution in [0.5, 0.6) is 11.6 Å². The molecule has 0 amide bonds. The number of hydrogen-bond acceptors (Lipinski definition) is 10. The second-order valence-electron chi connectivity index (χ2n) is 14.8. The van der Waals surface area contributed by atoms with Gasteiger partial charge < -0.3 is 14.4 Å². The summed E-state index contributed by atoms with van der Waals surface area (Å²) in [4.78, 5) is 12.4. The number of hydrogen-bond donors (Lipinski definition) is 0. The summed E-state index contributed by atoms with van der Waals surface area (Å²) in [5.41, 5.74) is 2.55. The first-order valence-electron chi connectivity index (χ1n) is 17.1. The third-order valence-corrected chi connectivity index (χ3v) is 11.3. The van der Waals surface area contributed by atoms with Gasteiger partial charge >= 0.3 is 0 Å². The maximum Gasteiger partial charge on any atom is 0.282 e. The molecule has 3 saturated heterocycles. The number of rotatable bonds is 10. The van der Waals surface area contributed by atoms with E-state index in [0.717, 1.165) is 69.5 Å². The van der Waals surface area contributed by atoms with Crippen molar-refractivity contribution in [1.29, 1.82) is 0 Å². The monoisotopic (exact) mass is 628 g/mol. The molecule has 5 fully saturated rings. The van der Waals surface area contributed by atoms with Gasteiger partial charge in [-0.1, -0.05) is 13.8 Å². The van der Waals surface area contributed by atoms with Gasteiger partial charge in [0.2, 0.25) is 0 Å². The van der Waals surface area contributed by atoms with Crippen LogP contribution in [0.1, 0.15) is 63.9 Å². The first kappa shape index (κ1) is 30.1. The van der Waals surface area contributed by atoms with E-state index in [2.05, 4.69) is 53.9 Å². The molecule has 0 N–H and O–H groups in total. The number of methoxy groups -OCH3 is 1. The highest BCUT2D eigenvalue weighted by molar-refractivity contribution is 5.71. The molecule has 8 rings (SSSR count). The maximum atomic E-state index is 14.5. The summed E-state index contributed by atoms with van der Waals surface area (Å²) in [6.07, 6.45) is 10.7. The Bertz CT molecular complexity index is 1560. The lowest BCUT2D eigenvalue weighted by Gasteiger charge is -2.57. The SMILES string of the molecule is CO[C@@H]1CCN(C2CC([C@H](C(C)C)N3CC4(CCN(c5ncnnc5Oc5ccc(F)cc5-c5nnccc5C5CC5)C4)C3)C2)C1. The van der Waals surface area contributed by atoms with Crippen LogP contribution in [0.3, 0.4) is 0 Å². The van der Waals surface area contributed by atoms with Gasteiger partial charge in [0.1, 0.15) is 23.6 Å². The summed E-state index contributed by atoms with van der Waals surface area (Å²) >= 11 is 0. The normalized spacial score (nSPS) is 26.8. The number of nitrogens with zero attached hydrogens (tertiary/aromatic N) is 8. The molecule has 3 aliphatic heterocycles. The summed E-state index contributed by atoms with van der Waals surface area (Å²) in [6.45, 7) is 11.1. The Balaban J connectivity index is 0.944. The van der Waals surface area contributed by atoms with E-state index in [0.29, 0.717) is 52.7 Å². The quantitative estimate of drug-likeness (QED) is 0.299. The first-order valence-corrected chi connectivity index (χ1v) is 17.1. The predicted molar refractivity (Wildman–Crippen MR) is 172 cm³/mol. The number of ether oxygens (including phenoxy) is 2. The fourth-order valence-corrected chi connectivity index (χ4v) is 8.85. The van der Waals surface area contributed by atoms with Crippen LogP contribution in [0.25, 0.3) is 11.3 Å². The summed E-state index contributed by atoms with van der Waals surface area (Å²) < 4.78 is 26.6. The van der Waals surface area contributed by atoms with Crippen molar-refractivity contribution < 1.29 is 13.9 Å². The molecular formula is C35H45FN8O2. The Morgan fingerprint density at radius 3 is 2.61 bits per heavy atom. The van der Waals surface area contributed by atoms with Crippen LogP contribution in [0, 0.1) is 23.1 Å². The first-order chi connectivity index (χ1) is 22.4. The Hall–Kier alpha value is -3.28. The van der Waals surface area contributed by atoms with Gasteiger partial charge in [-0.05, 0) is 86.1 Å². The fourth-order valence-electron chi connectivity index (χ4n) is 8.85. The summed E-state index contributed by atoms with van der Waals surface area (Å²) in [6, 6.07) is 7.85. The van der Waals surface area contributed by atoms with E-state index >= 15 is 0 Å². The average Bonchev–Trinajstić information content (AvgIpc) is 3.60. The minimum absolute atomic E-state index is 0.249. The molecule has 2 aliphatic carbocycles. The van der Waals surface area contributed by atoms with Crippen molar-refractivity contribution in [3.63, 3.8) is 0 Å². The van der Waals surface area contributed by atoms with Crippen molar-refractivity contribution in [2.24, 2.45) is 17.3 Å². The van der Waals surface area contributed by atoms with Crippen molar-refractivity contribution in [3.8, 4) is 22.9 Å². The number of aromatic nitrogens is 5. The molecule has 5 aliphatic rings. The molecule has 46 heavy (non-hydrogen) atoms. The van der Waals surface area contributed by atoms with E-state index in [1.165, 1.54) is 44.3 Å². The van der Waals surface area contributed by atoms with Gasteiger partial charge in [-0.15, -0.1) is 10.2 Å². The molecule has 10 nitrogen and oxygen atoms in total.